The van der Waals surface area contributed by atoms with E-state index in [0.717, 1.165) is 28.3 Å². The Hall–Kier alpha value is -3.86. The molecule has 3 aromatic carbocycles. The smallest absolute Gasteiger partial charge is 0.256 e. The zero-order valence-corrected chi connectivity index (χ0v) is 19.7. The number of hydrogen-bond donors (Lipinski definition) is 1. The van der Waals surface area contributed by atoms with E-state index in [-0.39, 0.29) is 11.3 Å². The van der Waals surface area contributed by atoms with Crippen LogP contribution in [0.25, 0.3) is 16.9 Å². The summed E-state index contributed by atoms with van der Waals surface area (Å²) in [5.41, 5.74) is 5.55. The summed E-state index contributed by atoms with van der Waals surface area (Å²) in [5.74, 6) is 1.21. The maximum Gasteiger partial charge on any atom is 0.256 e. The quantitative estimate of drug-likeness (QED) is 0.391. The maximum atomic E-state index is 13.1. The largest absolute Gasteiger partial charge is 0.497 e. The van der Waals surface area contributed by atoms with Crippen molar-refractivity contribution in [2.45, 2.75) is 33.1 Å². The van der Waals surface area contributed by atoms with Gasteiger partial charge in [-0.25, -0.2) is 4.68 Å². The molecule has 0 radical (unpaired) electrons. The van der Waals surface area contributed by atoms with Gasteiger partial charge in [-0.15, -0.1) is 0 Å². The standard InChI is InChI=1S/C28H29N3O2/c1-19-6-14-23(15-7-19)31-26(18-25(30-31)20-10-16-24(33-5)17-11-20)29-27(32)21-8-12-22(13-9-21)28(2,3)4/h6-18H,1-5H3,(H,29,32). The number of carbonyl (C=O) groups is 1. The molecule has 0 aliphatic heterocycles. The molecule has 0 unspecified atom stereocenters. The fourth-order valence-corrected chi connectivity index (χ4v) is 3.57. The molecule has 1 amide bonds. The highest BCUT2D eigenvalue weighted by atomic mass is 16.5. The van der Waals surface area contributed by atoms with Crippen LogP contribution in [0.5, 0.6) is 5.75 Å². The van der Waals surface area contributed by atoms with Crippen molar-refractivity contribution in [1.82, 2.24) is 9.78 Å². The van der Waals surface area contributed by atoms with Crippen LogP contribution in [0.4, 0.5) is 5.82 Å². The number of ether oxygens (including phenoxy) is 1. The molecule has 0 bridgehead atoms. The summed E-state index contributed by atoms with van der Waals surface area (Å²) < 4.78 is 7.03. The number of nitrogens with zero attached hydrogens (tertiary/aromatic N) is 2. The van der Waals surface area contributed by atoms with Crippen LogP contribution in [-0.4, -0.2) is 22.8 Å². The monoisotopic (exact) mass is 439 g/mol. The van der Waals surface area contributed by atoms with Gasteiger partial charge in [0.25, 0.3) is 5.91 Å². The minimum atomic E-state index is -0.176. The molecule has 1 heterocycles. The van der Waals surface area contributed by atoms with Gasteiger partial charge in [-0.2, -0.15) is 5.10 Å². The van der Waals surface area contributed by atoms with Crippen molar-refractivity contribution in [2.75, 3.05) is 12.4 Å². The SMILES string of the molecule is COc1ccc(-c2cc(NC(=O)c3ccc(C(C)(C)C)cc3)n(-c3ccc(C)cc3)n2)cc1. The Morgan fingerprint density at radius 2 is 1.55 bits per heavy atom. The number of nitrogens with one attached hydrogen (secondary N) is 1. The maximum absolute atomic E-state index is 13.1. The summed E-state index contributed by atoms with van der Waals surface area (Å²) >= 11 is 0. The van der Waals surface area contributed by atoms with E-state index >= 15 is 0 Å². The lowest BCUT2D eigenvalue weighted by molar-refractivity contribution is 0.102. The topological polar surface area (TPSA) is 56.1 Å². The van der Waals surface area contributed by atoms with E-state index < -0.39 is 0 Å². The van der Waals surface area contributed by atoms with Crippen molar-refractivity contribution >= 4 is 11.7 Å². The first kappa shape index (κ1) is 22.3. The second-order valence-electron chi connectivity index (χ2n) is 9.17. The minimum absolute atomic E-state index is 0.0341. The van der Waals surface area contributed by atoms with Gasteiger partial charge in [0.05, 0.1) is 18.5 Å². The molecule has 1 aromatic heterocycles. The molecule has 5 heteroatoms. The van der Waals surface area contributed by atoms with E-state index in [1.807, 2.05) is 85.8 Å². The molecule has 0 aliphatic rings. The predicted molar refractivity (Wildman–Crippen MR) is 133 cm³/mol. The summed E-state index contributed by atoms with van der Waals surface area (Å²) in [7, 11) is 1.64. The third-order valence-corrected chi connectivity index (χ3v) is 5.63. The number of amides is 1. The van der Waals surface area contributed by atoms with Gasteiger partial charge in [-0.05, 0) is 66.4 Å². The Bertz CT molecular complexity index is 1250. The zero-order chi connectivity index (χ0) is 23.6. The zero-order valence-electron chi connectivity index (χ0n) is 19.7. The fourth-order valence-electron chi connectivity index (χ4n) is 3.57. The van der Waals surface area contributed by atoms with Gasteiger partial charge >= 0.3 is 0 Å². The van der Waals surface area contributed by atoms with E-state index in [2.05, 4.69) is 26.1 Å². The summed E-state index contributed by atoms with van der Waals surface area (Å²) in [6, 6.07) is 25.4. The molecular weight excluding hydrogens is 410 g/mol. The third kappa shape index (κ3) is 4.98. The van der Waals surface area contributed by atoms with Crippen LogP contribution < -0.4 is 10.1 Å². The Morgan fingerprint density at radius 3 is 2.12 bits per heavy atom. The number of aromatic nitrogens is 2. The van der Waals surface area contributed by atoms with Gasteiger partial charge in [0.1, 0.15) is 11.6 Å². The molecule has 4 aromatic rings. The third-order valence-electron chi connectivity index (χ3n) is 5.63. The summed E-state index contributed by atoms with van der Waals surface area (Å²) in [4.78, 5) is 13.1. The molecule has 0 aliphatic carbocycles. The van der Waals surface area contributed by atoms with Gasteiger partial charge in [-0.3, -0.25) is 4.79 Å². The number of hydrogen-bond acceptors (Lipinski definition) is 3. The number of methoxy groups -OCH3 is 1. The van der Waals surface area contributed by atoms with E-state index in [1.165, 1.54) is 5.56 Å². The van der Waals surface area contributed by atoms with Crippen LogP contribution in [0.3, 0.4) is 0 Å². The van der Waals surface area contributed by atoms with Crippen molar-refractivity contribution in [3.8, 4) is 22.7 Å². The molecule has 168 valence electrons. The first-order chi connectivity index (χ1) is 15.7. The highest BCUT2D eigenvalue weighted by molar-refractivity contribution is 6.04. The lowest BCUT2D eigenvalue weighted by Crippen LogP contribution is -2.16. The van der Waals surface area contributed by atoms with Gasteiger partial charge in [0.2, 0.25) is 0 Å². The van der Waals surface area contributed by atoms with E-state index in [4.69, 9.17) is 9.84 Å². The van der Waals surface area contributed by atoms with E-state index in [1.54, 1.807) is 11.8 Å². The summed E-state index contributed by atoms with van der Waals surface area (Å²) in [6.07, 6.45) is 0. The Balaban J connectivity index is 1.68. The minimum Gasteiger partial charge on any atom is -0.497 e. The van der Waals surface area contributed by atoms with Crippen molar-refractivity contribution in [3.05, 3.63) is 95.6 Å². The molecule has 33 heavy (non-hydrogen) atoms. The Morgan fingerprint density at radius 1 is 0.909 bits per heavy atom. The molecule has 0 saturated carbocycles. The number of anilines is 1. The van der Waals surface area contributed by atoms with Crippen LogP contribution in [0.15, 0.2) is 78.9 Å². The second-order valence-corrected chi connectivity index (χ2v) is 9.17. The number of aryl methyl sites for hydroxylation is 1. The van der Waals surface area contributed by atoms with Crippen molar-refractivity contribution in [1.29, 1.82) is 0 Å². The molecule has 0 atom stereocenters. The molecular formula is C28H29N3O2. The Kier molecular flexibility index (Phi) is 6.05. The van der Waals surface area contributed by atoms with Crippen molar-refractivity contribution < 1.29 is 9.53 Å². The van der Waals surface area contributed by atoms with Gasteiger partial charge in [0.15, 0.2) is 0 Å². The molecule has 0 spiro atoms. The first-order valence-corrected chi connectivity index (χ1v) is 11.0. The lowest BCUT2D eigenvalue weighted by atomic mass is 9.87. The normalized spacial score (nSPS) is 11.3. The van der Waals surface area contributed by atoms with Crippen LogP contribution in [0.1, 0.15) is 42.3 Å². The molecule has 5 nitrogen and oxygen atoms in total. The Labute approximate surface area is 195 Å². The van der Waals surface area contributed by atoms with Gasteiger partial charge < -0.3 is 10.1 Å². The predicted octanol–water partition coefficient (Wildman–Crippen LogP) is 6.41. The molecule has 1 N–H and O–H groups in total. The van der Waals surface area contributed by atoms with Crippen molar-refractivity contribution in [3.63, 3.8) is 0 Å². The number of carbonyl (C=O) groups excluding carboxylic acids is 1. The lowest BCUT2D eigenvalue weighted by Gasteiger charge is -2.19. The average molecular weight is 440 g/mol. The van der Waals surface area contributed by atoms with Gasteiger partial charge in [0, 0.05) is 17.2 Å². The van der Waals surface area contributed by atoms with E-state index in [0.29, 0.717) is 11.4 Å². The average Bonchev–Trinajstić information content (AvgIpc) is 3.22. The first-order valence-electron chi connectivity index (χ1n) is 11.0. The van der Waals surface area contributed by atoms with Gasteiger partial charge in [-0.1, -0.05) is 50.6 Å². The number of rotatable bonds is 5. The molecule has 4 rings (SSSR count). The van der Waals surface area contributed by atoms with Crippen LogP contribution in [0, 0.1) is 6.92 Å². The summed E-state index contributed by atoms with van der Waals surface area (Å²) in [6.45, 7) is 8.51. The fraction of sp³-hybridized carbons (Fsp3) is 0.214. The highest BCUT2D eigenvalue weighted by Gasteiger charge is 2.17. The van der Waals surface area contributed by atoms with Crippen molar-refractivity contribution in [2.24, 2.45) is 0 Å². The van der Waals surface area contributed by atoms with Crippen LogP contribution in [0.2, 0.25) is 0 Å². The van der Waals surface area contributed by atoms with Crippen LogP contribution in [-0.2, 0) is 5.41 Å². The molecule has 0 saturated heterocycles. The molecule has 0 fully saturated rings. The highest BCUT2D eigenvalue weighted by Crippen LogP contribution is 2.27. The van der Waals surface area contributed by atoms with E-state index in [9.17, 15) is 4.79 Å². The number of benzene rings is 3. The second kappa shape index (κ2) is 8.94. The van der Waals surface area contributed by atoms with Crippen LogP contribution >= 0.6 is 0 Å². The summed E-state index contributed by atoms with van der Waals surface area (Å²) in [5, 5.41) is 7.84.